The lowest BCUT2D eigenvalue weighted by molar-refractivity contribution is -0.131. The average Bonchev–Trinajstić information content (AvgIpc) is 3.18. The van der Waals surface area contributed by atoms with Crippen LogP contribution >= 0.6 is 11.8 Å². The van der Waals surface area contributed by atoms with Gasteiger partial charge >= 0.3 is 5.97 Å². The van der Waals surface area contributed by atoms with E-state index in [1.807, 2.05) is 96.6 Å². The van der Waals surface area contributed by atoms with Crippen molar-refractivity contribution in [3.05, 3.63) is 96.7 Å². The van der Waals surface area contributed by atoms with Crippen molar-refractivity contribution in [2.45, 2.75) is 12.1 Å². The van der Waals surface area contributed by atoms with Crippen LogP contribution in [0.3, 0.4) is 0 Å². The van der Waals surface area contributed by atoms with Crippen molar-refractivity contribution in [1.29, 1.82) is 0 Å². The van der Waals surface area contributed by atoms with Gasteiger partial charge in [0, 0.05) is 17.4 Å². The molecule has 1 heterocycles. The highest BCUT2D eigenvalue weighted by Gasteiger charge is 2.14. The molecule has 0 saturated heterocycles. The minimum atomic E-state index is -0.301. The van der Waals surface area contributed by atoms with Crippen molar-refractivity contribution >= 4 is 17.7 Å². The van der Waals surface area contributed by atoms with E-state index >= 15 is 0 Å². The molecule has 5 heteroatoms. The molecule has 4 rings (SSSR count). The van der Waals surface area contributed by atoms with Crippen LogP contribution in [0.5, 0.6) is 5.75 Å². The van der Waals surface area contributed by atoms with Crippen LogP contribution in [0.1, 0.15) is 5.56 Å². The lowest BCUT2D eigenvalue weighted by Crippen LogP contribution is -2.11. The molecular weight excluding hydrogens is 380 g/mol. The smallest absolute Gasteiger partial charge is 0.321 e. The largest absolute Gasteiger partial charge is 0.426 e. The molecule has 0 aliphatic heterocycles. The minimum absolute atomic E-state index is 0.173. The van der Waals surface area contributed by atoms with E-state index in [9.17, 15) is 4.79 Å². The number of esters is 1. The fraction of sp³-hybridized carbons (Fsp3) is 0.0833. The summed E-state index contributed by atoms with van der Waals surface area (Å²) in [7, 11) is 0. The highest BCUT2D eigenvalue weighted by Crippen LogP contribution is 2.27. The zero-order chi connectivity index (χ0) is 20.1. The molecule has 0 aliphatic carbocycles. The number of thioether (sulfide) groups is 1. The summed E-state index contributed by atoms with van der Waals surface area (Å²) in [5, 5.41) is 0.747. The van der Waals surface area contributed by atoms with Gasteiger partial charge in [0.15, 0.2) is 5.16 Å². The monoisotopic (exact) mass is 400 g/mol. The summed E-state index contributed by atoms with van der Waals surface area (Å²) in [5.41, 5.74) is 3.95. The Morgan fingerprint density at radius 2 is 1.69 bits per heavy atom. The summed E-state index contributed by atoms with van der Waals surface area (Å²) >= 11 is 1.37. The van der Waals surface area contributed by atoms with Gasteiger partial charge in [-0.25, -0.2) is 4.98 Å². The number of imidazole rings is 1. The second-order valence-corrected chi connectivity index (χ2v) is 7.50. The lowest BCUT2D eigenvalue weighted by atomic mass is 10.2. The van der Waals surface area contributed by atoms with Gasteiger partial charge in [-0.2, -0.15) is 0 Å². The number of aryl methyl sites for hydroxylation is 1. The van der Waals surface area contributed by atoms with Crippen molar-refractivity contribution in [2.75, 3.05) is 5.75 Å². The first-order chi connectivity index (χ1) is 14.2. The van der Waals surface area contributed by atoms with Gasteiger partial charge in [-0.15, -0.1) is 0 Å². The van der Waals surface area contributed by atoms with Crippen molar-refractivity contribution < 1.29 is 9.53 Å². The summed E-state index contributed by atoms with van der Waals surface area (Å²) in [5.74, 6) is 0.433. The Bertz CT molecular complexity index is 1110. The number of hydrogen-bond donors (Lipinski definition) is 0. The number of carbonyl (C=O) groups is 1. The van der Waals surface area contributed by atoms with E-state index < -0.39 is 0 Å². The number of rotatable bonds is 6. The predicted octanol–water partition coefficient (Wildman–Crippen LogP) is 5.55. The molecule has 0 N–H and O–H groups in total. The van der Waals surface area contributed by atoms with Gasteiger partial charge in [0.05, 0.1) is 11.4 Å². The molecule has 4 nitrogen and oxygen atoms in total. The van der Waals surface area contributed by atoms with Crippen LogP contribution in [0.4, 0.5) is 0 Å². The Kier molecular flexibility index (Phi) is 5.77. The van der Waals surface area contributed by atoms with Gasteiger partial charge in [-0.05, 0) is 36.8 Å². The SMILES string of the molecule is Cc1cccc(OC(=O)CSc2nc(-c3ccccc3)cn2-c2ccccc2)c1. The maximum atomic E-state index is 12.3. The van der Waals surface area contributed by atoms with Gasteiger partial charge < -0.3 is 4.74 Å². The summed E-state index contributed by atoms with van der Waals surface area (Å²) in [6.45, 7) is 1.97. The highest BCUT2D eigenvalue weighted by atomic mass is 32.2. The molecule has 0 radical (unpaired) electrons. The van der Waals surface area contributed by atoms with E-state index in [0.717, 1.165) is 27.7 Å². The molecular formula is C24H20N2O2S. The van der Waals surface area contributed by atoms with Crippen LogP contribution in [0.15, 0.2) is 96.3 Å². The summed E-state index contributed by atoms with van der Waals surface area (Å²) in [6, 6.07) is 27.5. The standard InChI is InChI=1S/C24H20N2O2S/c1-18-9-8-14-21(15-18)28-23(27)17-29-24-25-22(19-10-4-2-5-11-19)16-26(24)20-12-6-3-7-13-20/h2-16H,17H2,1H3. The molecule has 0 atom stereocenters. The molecule has 0 bridgehead atoms. The van der Waals surface area contributed by atoms with Crippen LogP contribution in [-0.2, 0) is 4.79 Å². The zero-order valence-corrected chi connectivity index (χ0v) is 16.8. The van der Waals surface area contributed by atoms with Crippen LogP contribution in [0.25, 0.3) is 16.9 Å². The van der Waals surface area contributed by atoms with E-state index in [4.69, 9.17) is 9.72 Å². The van der Waals surface area contributed by atoms with Crippen LogP contribution in [-0.4, -0.2) is 21.3 Å². The van der Waals surface area contributed by atoms with Gasteiger partial charge in [0.1, 0.15) is 5.75 Å². The summed E-state index contributed by atoms with van der Waals surface area (Å²) in [4.78, 5) is 17.1. The predicted molar refractivity (Wildman–Crippen MR) is 117 cm³/mol. The van der Waals surface area contributed by atoms with Gasteiger partial charge in [-0.3, -0.25) is 9.36 Å². The Morgan fingerprint density at radius 3 is 2.41 bits per heavy atom. The van der Waals surface area contributed by atoms with E-state index in [1.165, 1.54) is 11.8 Å². The maximum absolute atomic E-state index is 12.3. The van der Waals surface area contributed by atoms with E-state index in [1.54, 1.807) is 6.07 Å². The summed E-state index contributed by atoms with van der Waals surface area (Å²) < 4.78 is 7.46. The molecule has 144 valence electrons. The van der Waals surface area contributed by atoms with Gasteiger partial charge in [0.2, 0.25) is 0 Å². The first-order valence-electron chi connectivity index (χ1n) is 9.29. The molecule has 0 amide bonds. The van der Waals surface area contributed by atoms with Crippen molar-refractivity contribution in [3.8, 4) is 22.7 Å². The number of aromatic nitrogens is 2. The minimum Gasteiger partial charge on any atom is -0.426 e. The second-order valence-electron chi connectivity index (χ2n) is 6.56. The van der Waals surface area contributed by atoms with Crippen molar-refractivity contribution in [2.24, 2.45) is 0 Å². The molecule has 1 aromatic heterocycles. The fourth-order valence-electron chi connectivity index (χ4n) is 2.95. The van der Waals surface area contributed by atoms with Gasteiger partial charge in [0.25, 0.3) is 0 Å². The van der Waals surface area contributed by atoms with E-state index in [2.05, 4.69) is 0 Å². The average molecular weight is 401 g/mol. The maximum Gasteiger partial charge on any atom is 0.321 e. The molecule has 0 unspecified atom stereocenters. The van der Waals surface area contributed by atoms with Crippen LogP contribution in [0.2, 0.25) is 0 Å². The molecule has 0 aliphatic rings. The lowest BCUT2D eigenvalue weighted by Gasteiger charge is -2.07. The third-order valence-electron chi connectivity index (χ3n) is 4.32. The second kappa shape index (κ2) is 8.80. The molecule has 3 aromatic carbocycles. The zero-order valence-electron chi connectivity index (χ0n) is 16.0. The third kappa shape index (κ3) is 4.76. The van der Waals surface area contributed by atoms with Crippen LogP contribution < -0.4 is 4.74 Å². The van der Waals surface area contributed by atoms with Crippen molar-refractivity contribution in [3.63, 3.8) is 0 Å². The number of nitrogens with zero attached hydrogens (tertiary/aromatic N) is 2. The van der Waals surface area contributed by atoms with Gasteiger partial charge in [-0.1, -0.05) is 72.4 Å². The fourth-order valence-corrected chi connectivity index (χ4v) is 3.72. The first-order valence-corrected chi connectivity index (χ1v) is 10.3. The number of para-hydroxylation sites is 1. The Morgan fingerprint density at radius 1 is 0.966 bits per heavy atom. The number of ether oxygens (including phenoxy) is 1. The van der Waals surface area contributed by atoms with E-state index in [-0.39, 0.29) is 11.7 Å². The number of hydrogen-bond acceptors (Lipinski definition) is 4. The Labute approximate surface area is 174 Å². The molecule has 29 heavy (non-hydrogen) atoms. The first kappa shape index (κ1) is 19.0. The third-order valence-corrected chi connectivity index (χ3v) is 5.24. The Hall–Kier alpha value is -3.31. The summed E-state index contributed by atoms with van der Waals surface area (Å²) in [6.07, 6.45) is 2.00. The van der Waals surface area contributed by atoms with Crippen molar-refractivity contribution in [1.82, 2.24) is 9.55 Å². The molecule has 0 saturated carbocycles. The van der Waals surface area contributed by atoms with E-state index in [0.29, 0.717) is 5.75 Å². The number of carbonyl (C=O) groups excluding carboxylic acids is 1. The highest BCUT2D eigenvalue weighted by molar-refractivity contribution is 7.99. The van der Waals surface area contributed by atoms with Crippen LogP contribution in [0, 0.1) is 6.92 Å². The topological polar surface area (TPSA) is 44.1 Å². The normalized spacial score (nSPS) is 10.7. The number of benzene rings is 3. The molecule has 0 fully saturated rings. The molecule has 4 aromatic rings. The Balaban J connectivity index is 1.55. The quantitative estimate of drug-likeness (QED) is 0.242. The molecule has 0 spiro atoms.